The molecular weight excluding hydrogens is 420 g/mol. The number of rotatable bonds is 7. The number of ether oxygens (including phenoxy) is 2. The van der Waals surface area contributed by atoms with Gasteiger partial charge in [0, 0.05) is 43.4 Å². The van der Waals surface area contributed by atoms with Crippen LogP contribution in [-0.4, -0.2) is 54.7 Å². The normalized spacial score (nSPS) is 12.7. The third-order valence-corrected chi connectivity index (χ3v) is 5.68. The lowest BCUT2D eigenvalue weighted by atomic mass is 10.2. The van der Waals surface area contributed by atoms with E-state index in [1.165, 1.54) is 29.5 Å². The van der Waals surface area contributed by atoms with Gasteiger partial charge in [-0.1, -0.05) is 23.5 Å². The van der Waals surface area contributed by atoms with Crippen molar-refractivity contribution in [1.82, 2.24) is 9.88 Å². The zero-order chi connectivity index (χ0) is 22.0. The molecule has 1 amide bonds. The van der Waals surface area contributed by atoms with Gasteiger partial charge >= 0.3 is 0 Å². The lowest BCUT2D eigenvalue weighted by Gasteiger charge is -2.20. The summed E-state index contributed by atoms with van der Waals surface area (Å²) < 4.78 is 11.7. The van der Waals surface area contributed by atoms with E-state index in [4.69, 9.17) is 9.47 Å². The molecule has 9 nitrogen and oxygen atoms in total. The molecule has 10 heteroatoms. The molecule has 2 heterocycles. The summed E-state index contributed by atoms with van der Waals surface area (Å²) in [5, 5.41) is 11.5. The second-order valence-electron chi connectivity index (χ2n) is 7.15. The van der Waals surface area contributed by atoms with Crippen LogP contribution in [0.25, 0.3) is 16.3 Å². The number of likely N-dealkylation sites (N-methyl/N-ethyl adjacent to an activating group) is 1. The van der Waals surface area contributed by atoms with Crippen LogP contribution in [0.1, 0.15) is 5.56 Å². The molecule has 0 unspecified atom stereocenters. The monoisotopic (exact) mass is 440 g/mol. The van der Waals surface area contributed by atoms with E-state index in [9.17, 15) is 14.9 Å². The molecule has 0 radical (unpaired) electrons. The van der Waals surface area contributed by atoms with E-state index in [2.05, 4.69) is 4.98 Å². The molecule has 31 heavy (non-hydrogen) atoms. The number of benzene rings is 2. The molecule has 0 aliphatic carbocycles. The fraction of sp³-hybridized carbons (Fsp3) is 0.238. The van der Waals surface area contributed by atoms with Crippen molar-refractivity contribution in [2.24, 2.45) is 0 Å². The van der Waals surface area contributed by atoms with Crippen LogP contribution in [0.3, 0.4) is 0 Å². The van der Waals surface area contributed by atoms with Gasteiger partial charge in [0.25, 0.3) is 11.6 Å². The van der Waals surface area contributed by atoms with E-state index < -0.39 is 4.92 Å². The van der Waals surface area contributed by atoms with Crippen LogP contribution >= 0.6 is 11.3 Å². The number of carbonyl (C=O) groups excluding carboxylic acids is 1. The lowest BCUT2D eigenvalue weighted by Crippen LogP contribution is -2.35. The molecule has 1 aromatic heterocycles. The lowest BCUT2D eigenvalue weighted by molar-refractivity contribution is -0.384. The Balaban J connectivity index is 1.61. The summed E-state index contributed by atoms with van der Waals surface area (Å²) in [5.74, 6) is 1.05. The van der Waals surface area contributed by atoms with Gasteiger partial charge in [-0.15, -0.1) is 0 Å². The Hall–Kier alpha value is -3.50. The number of hydrogen-bond acceptors (Lipinski definition) is 8. The molecule has 1 aliphatic rings. The largest absolute Gasteiger partial charge is 0.454 e. The first-order valence-electron chi connectivity index (χ1n) is 9.49. The number of aromatic nitrogens is 1. The Morgan fingerprint density at radius 2 is 2.00 bits per heavy atom. The van der Waals surface area contributed by atoms with Crippen LogP contribution in [-0.2, 0) is 4.79 Å². The molecule has 0 bridgehead atoms. The minimum Gasteiger partial charge on any atom is -0.454 e. The molecule has 0 saturated carbocycles. The van der Waals surface area contributed by atoms with E-state index >= 15 is 0 Å². The Morgan fingerprint density at radius 1 is 1.23 bits per heavy atom. The van der Waals surface area contributed by atoms with E-state index in [0.717, 1.165) is 10.2 Å². The van der Waals surface area contributed by atoms with Crippen LogP contribution in [0, 0.1) is 10.1 Å². The predicted molar refractivity (Wildman–Crippen MR) is 119 cm³/mol. The highest BCUT2D eigenvalue weighted by molar-refractivity contribution is 7.22. The number of nitrogens with zero attached hydrogens (tertiary/aromatic N) is 4. The van der Waals surface area contributed by atoms with Gasteiger partial charge in [-0.05, 0) is 25.7 Å². The molecule has 4 rings (SSSR count). The number of thiazole rings is 1. The first-order valence-corrected chi connectivity index (χ1v) is 10.3. The second kappa shape index (κ2) is 8.70. The minimum atomic E-state index is -0.464. The molecule has 0 fully saturated rings. The summed E-state index contributed by atoms with van der Waals surface area (Å²) in [7, 11) is 3.86. The Kier molecular flexibility index (Phi) is 5.83. The van der Waals surface area contributed by atoms with Gasteiger partial charge in [0.2, 0.25) is 6.79 Å². The van der Waals surface area contributed by atoms with Gasteiger partial charge < -0.3 is 14.4 Å². The molecule has 3 aromatic rings. The summed E-state index contributed by atoms with van der Waals surface area (Å²) in [6.07, 6.45) is 2.98. The summed E-state index contributed by atoms with van der Waals surface area (Å²) in [6.45, 7) is 1.28. The number of hydrogen-bond donors (Lipinski definition) is 0. The zero-order valence-corrected chi connectivity index (χ0v) is 17.8. The van der Waals surface area contributed by atoms with Gasteiger partial charge in [0.05, 0.1) is 15.1 Å². The maximum atomic E-state index is 13.0. The molecule has 1 aliphatic heterocycles. The highest BCUT2D eigenvalue weighted by atomic mass is 32.1. The van der Waals surface area contributed by atoms with Crippen molar-refractivity contribution in [3.63, 3.8) is 0 Å². The number of nitro benzene ring substituents is 1. The van der Waals surface area contributed by atoms with E-state index in [0.29, 0.717) is 35.3 Å². The Bertz CT molecular complexity index is 1130. The summed E-state index contributed by atoms with van der Waals surface area (Å²) in [6, 6.07) is 9.81. The molecule has 0 spiro atoms. The minimum absolute atomic E-state index is 0.0253. The van der Waals surface area contributed by atoms with Crippen LogP contribution in [0.2, 0.25) is 0 Å². The SMILES string of the molecule is CN(C)CCN(C(=O)C=Cc1cccc([N+](=O)[O-])c1)c1nc2cc3c(cc2s1)OCO3. The van der Waals surface area contributed by atoms with Crippen molar-refractivity contribution in [1.29, 1.82) is 0 Å². The van der Waals surface area contributed by atoms with Crippen LogP contribution in [0.15, 0.2) is 42.5 Å². The average molecular weight is 440 g/mol. The Morgan fingerprint density at radius 3 is 2.74 bits per heavy atom. The first-order chi connectivity index (χ1) is 14.9. The summed E-state index contributed by atoms with van der Waals surface area (Å²) in [4.78, 5) is 31.7. The van der Waals surface area contributed by atoms with Gasteiger partial charge in [0.1, 0.15) is 0 Å². The highest BCUT2D eigenvalue weighted by Crippen LogP contribution is 2.39. The van der Waals surface area contributed by atoms with E-state index in [1.807, 2.05) is 31.1 Å². The molecule has 0 N–H and O–H groups in total. The van der Waals surface area contributed by atoms with E-state index in [-0.39, 0.29) is 18.4 Å². The molecular formula is C21H20N4O5S. The van der Waals surface area contributed by atoms with E-state index in [1.54, 1.807) is 23.1 Å². The van der Waals surface area contributed by atoms with Crippen molar-refractivity contribution in [2.45, 2.75) is 0 Å². The number of non-ortho nitro benzene ring substituents is 1. The second-order valence-corrected chi connectivity index (χ2v) is 8.16. The third-order valence-electron chi connectivity index (χ3n) is 4.64. The maximum Gasteiger partial charge on any atom is 0.270 e. The molecule has 2 aromatic carbocycles. The fourth-order valence-electron chi connectivity index (χ4n) is 3.02. The summed E-state index contributed by atoms with van der Waals surface area (Å²) in [5.41, 5.74) is 1.28. The van der Waals surface area contributed by atoms with Gasteiger partial charge in [-0.2, -0.15) is 0 Å². The van der Waals surface area contributed by atoms with Crippen LogP contribution < -0.4 is 14.4 Å². The smallest absolute Gasteiger partial charge is 0.270 e. The van der Waals surface area contributed by atoms with Crippen molar-refractivity contribution in [3.8, 4) is 11.5 Å². The topological polar surface area (TPSA) is 98.0 Å². The van der Waals surface area contributed by atoms with Crippen molar-refractivity contribution in [2.75, 3.05) is 38.9 Å². The van der Waals surface area contributed by atoms with Gasteiger partial charge in [-0.25, -0.2) is 4.98 Å². The number of fused-ring (bicyclic) bond motifs is 2. The maximum absolute atomic E-state index is 13.0. The number of carbonyl (C=O) groups is 1. The van der Waals surface area contributed by atoms with Crippen molar-refractivity contribution < 1.29 is 19.2 Å². The molecule has 0 atom stereocenters. The number of amides is 1. The Labute approximate surface area is 182 Å². The van der Waals surface area contributed by atoms with Crippen molar-refractivity contribution in [3.05, 3.63) is 58.2 Å². The fourth-order valence-corrected chi connectivity index (χ4v) is 4.03. The number of anilines is 1. The predicted octanol–water partition coefficient (Wildman–Crippen LogP) is 3.54. The van der Waals surface area contributed by atoms with Crippen molar-refractivity contribution >= 4 is 44.4 Å². The molecule has 0 saturated heterocycles. The van der Waals surface area contributed by atoms with Crippen LogP contribution in [0.4, 0.5) is 10.8 Å². The van der Waals surface area contributed by atoms with Crippen LogP contribution in [0.5, 0.6) is 11.5 Å². The standard InChI is InChI=1S/C21H20N4O5S/c1-23(2)8-9-24(20(26)7-6-14-4-3-5-15(10-14)25(27)28)21-22-16-11-17-18(30-13-29-17)12-19(16)31-21/h3-7,10-12H,8-9,13H2,1-2H3. The first kappa shape index (κ1) is 20.8. The van der Waals surface area contributed by atoms with Gasteiger partial charge in [-0.3, -0.25) is 19.8 Å². The van der Waals surface area contributed by atoms with Gasteiger partial charge in [0.15, 0.2) is 16.6 Å². The zero-order valence-electron chi connectivity index (χ0n) is 17.0. The highest BCUT2D eigenvalue weighted by Gasteiger charge is 2.21. The average Bonchev–Trinajstić information content (AvgIpc) is 3.36. The molecule has 160 valence electrons. The quantitative estimate of drug-likeness (QED) is 0.315. The number of nitro groups is 1. The summed E-state index contributed by atoms with van der Waals surface area (Å²) >= 11 is 1.40. The third kappa shape index (κ3) is 4.65.